The van der Waals surface area contributed by atoms with Crippen LogP contribution in [0.4, 0.5) is 23.7 Å². The van der Waals surface area contributed by atoms with Gasteiger partial charge in [0.25, 0.3) is 0 Å². The van der Waals surface area contributed by atoms with Crippen LogP contribution in [0.2, 0.25) is 0 Å². The fourth-order valence-corrected chi connectivity index (χ4v) is 3.23. The van der Waals surface area contributed by atoms with E-state index in [-0.39, 0.29) is 18.8 Å². The highest BCUT2D eigenvalue weighted by molar-refractivity contribution is 6.56. The van der Waals surface area contributed by atoms with Crippen LogP contribution in [0.1, 0.15) is 38.8 Å². The van der Waals surface area contributed by atoms with Gasteiger partial charge in [0, 0.05) is 6.54 Å². The molecule has 35 heavy (non-hydrogen) atoms. The lowest BCUT2D eigenvalue weighted by Crippen LogP contribution is -2.41. The summed E-state index contributed by atoms with van der Waals surface area (Å²) in [5, 5.41) is 2.67. The molecule has 0 spiro atoms. The smallest absolute Gasteiger partial charge is 0.445 e. The Balaban J connectivity index is 1.77. The first kappa shape index (κ1) is 26.4. The summed E-state index contributed by atoms with van der Waals surface area (Å²) in [6.45, 7) is 7.63. The zero-order chi connectivity index (χ0) is 25.9. The molecule has 0 atom stereocenters. The van der Waals surface area contributed by atoms with Crippen LogP contribution in [-0.4, -0.2) is 37.3 Å². The van der Waals surface area contributed by atoms with E-state index in [4.69, 9.17) is 19.8 Å². The molecule has 1 fully saturated rings. The first-order valence-electron chi connectivity index (χ1n) is 10.9. The molecule has 1 amide bonds. The fraction of sp³-hybridized carbons (Fsp3) is 0.375. The van der Waals surface area contributed by atoms with E-state index in [2.05, 4.69) is 10.1 Å². The second-order valence-electron chi connectivity index (χ2n) is 9.07. The molecule has 1 saturated heterocycles. The molecule has 3 N–H and O–H groups in total. The summed E-state index contributed by atoms with van der Waals surface area (Å²) in [7, 11) is -0.818. The zero-order valence-electron chi connectivity index (χ0n) is 19.9. The van der Waals surface area contributed by atoms with Crippen molar-refractivity contribution in [2.24, 2.45) is 0 Å². The van der Waals surface area contributed by atoms with E-state index in [0.29, 0.717) is 11.0 Å². The summed E-state index contributed by atoms with van der Waals surface area (Å²) in [4.78, 5) is 12.3. The number of hydrogen-bond acceptors (Lipinski definition) is 6. The number of nitrogens with one attached hydrogen (secondary N) is 1. The van der Waals surface area contributed by atoms with Crippen molar-refractivity contribution < 1.29 is 36.7 Å². The molecule has 0 aliphatic carbocycles. The van der Waals surface area contributed by atoms with Gasteiger partial charge in [-0.25, -0.2) is 4.79 Å². The van der Waals surface area contributed by atoms with Gasteiger partial charge in [0.2, 0.25) is 0 Å². The van der Waals surface area contributed by atoms with Crippen LogP contribution in [0, 0.1) is 0 Å². The number of carbonyl (C=O) groups is 1. The minimum Gasteiger partial charge on any atom is -0.445 e. The van der Waals surface area contributed by atoms with Gasteiger partial charge >= 0.3 is 19.6 Å². The molecule has 0 unspecified atom stereocenters. The average molecular weight is 492 g/mol. The maximum Gasteiger partial charge on any atom is 0.573 e. The van der Waals surface area contributed by atoms with E-state index in [0.717, 1.165) is 11.6 Å². The highest BCUT2D eigenvalue weighted by atomic mass is 19.4. The third-order valence-corrected chi connectivity index (χ3v) is 5.82. The number of rotatable bonds is 7. The molecule has 1 aliphatic rings. The summed E-state index contributed by atoms with van der Waals surface area (Å²) < 4.78 is 59.0. The van der Waals surface area contributed by atoms with Crippen LogP contribution in [0.3, 0.4) is 0 Å². The molecular weight excluding hydrogens is 464 g/mol. The number of alkyl halides is 3. The van der Waals surface area contributed by atoms with Gasteiger partial charge in [-0.2, -0.15) is 0 Å². The highest BCUT2D eigenvalue weighted by Crippen LogP contribution is 2.39. The molecule has 3 rings (SSSR count). The standard InChI is InChI=1S/C24H28BF3N2O5/c1-22(2)23(3,4)35-25(34-22)18(14-30-21(31)32-15-16-8-6-5-7-9-16)12-17-10-11-20(19(29)13-17)33-24(26,27)28/h5-13H,14-15,29H2,1-4H3,(H,30,31). The Morgan fingerprint density at radius 2 is 1.71 bits per heavy atom. The predicted molar refractivity (Wildman–Crippen MR) is 126 cm³/mol. The van der Waals surface area contributed by atoms with Crippen LogP contribution >= 0.6 is 0 Å². The van der Waals surface area contributed by atoms with Crippen LogP contribution in [0.15, 0.2) is 54.0 Å². The Morgan fingerprint density at radius 1 is 1.09 bits per heavy atom. The third-order valence-electron chi connectivity index (χ3n) is 5.82. The molecule has 2 aromatic rings. The molecule has 188 valence electrons. The van der Waals surface area contributed by atoms with Crippen LogP contribution in [0.5, 0.6) is 5.75 Å². The van der Waals surface area contributed by atoms with Crippen molar-refractivity contribution in [3.8, 4) is 5.75 Å². The molecule has 0 saturated carbocycles. The normalized spacial score (nSPS) is 17.2. The van der Waals surface area contributed by atoms with E-state index < -0.39 is 36.5 Å². The van der Waals surface area contributed by atoms with Gasteiger partial charge in [0.1, 0.15) is 6.61 Å². The van der Waals surface area contributed by atoms with E-state index in [1.54, 1.807) is 6.08 Å². The SMILES string of the molecule is CC1(C)OB(C(=Cc2ccc(OC(F)(F)F)c(N)c2)CNC(=O)OCc2ccccc2)OC1(C)C. The average Bonchev–Trinajstić information content (AvgIpc) is 2.98. The van der Waals surface area contributed by atoms with Gasteiger partial charge in [0.15, 0.2) is 5.75 Å². The number of hydrogen-bond donors (Lipinski definition) is 2. The van der Waals surface area contributed by atoms with E-state index >= 15 is 0 Å². The maximum absolute atomic E-state index is 12.6. The summed E-state index contributed by atoms with van der Waals surface area (Å²) in [6.07, 6.45) is -3.87. The van der Waals surface area contributed by atoms with Crippen LogP contribution in [0.25, 0.3) is 6.08 Å². The number of amides is 1. The van der Waals surface area contributed by atoms with Gasteiger partial charge in [-0.15, -0.1) is 13.2 Å². The lowest BCUT2D eigenvalue weighted by Gasteiger charge is -2.32. The highest BCUT2D eigenvalue weighted by Gasteiger charge is 2.52. The Kier molecular flexibility index (Phi) is 7.71. The molecule has 1 aliphatic heterocycles. The fourth-order valence-electron chi connectivity index (χ4n) is 3.23. The molecule has 0 bridgehead atoms. The summed E-state index contributed by atoms with van der Waals surface area (Å²) >= 11 is 0. The minimum atomic E-state index is -4.86. The Labute approximate surface area is 202 Å². The number of nitrogens with two attached hydrogens (primary N) is 1. The van der Waals surface area contributed by atoms with E-state index in [1.807, 2.05) is 58.0 Å². The monoisotopic (exact) mass is 492 g/mol. The van der Waals surface area contributed by atoms with Crippen molar-refractivity contribution in [3.63, 3.8) is 0 Å². The topological polar surface area (TPSA) is 92.0 Å². The van der Waals surface area contributed by atoms with E-state index in [9.17, 15) is 18.0 Å². The second kappa shape index (κ2) is 10.2. The van der Waals surface area contributed by atoms with Gasteiger partial charge in [0.05, 0.1) is 16.9 Å². The van der Waals surface area contributed by atoms with Crippen molar-refractivity contribution in [3.05, 3.63) is 65.1 Å². The quantitative estimate of drug-likeness (QED) is 0.413. The molecule has 11 heteroatoms. The number of anilines is 1. The number of halogens is 3. The van der Waals surface area contributed by atoms with Crippen molar-refractivity contribution in [2.45, 2.75) is 51.9 Å². The first-order chi connectivity index (χ1) is 16.3. The lowest BCUT2D eigenvalue weighted by atomic mass is 9.77. The molecule has 7 nitrogen and oxygen atoms in total. The van der Waals surface area contributed by atoms with Crippen molar-refractivity contribution in [1.29, 1.82) is 0 Å². The van der Waals surface area contributed by atoms with Crippen molar-refractivity contribution >= 4 is 25.0 Å². The maximum atomic E-state index is 12.6. The van der Waals surface area contributed by atoms with Crippen LogP contribution in [-0.2, 0) is 20.7 Å². The number of alkyl carbamates (subject to hydrolysis) is 1. The van der Waals surface area contributed by atoms with Gasteiger partial charge in [-0.1, -0.05) is 42.5 Å². The third kappa shape index (κ3) is 7.16. The van der Waals surface area contributed by atoms with Gasteiger partial charge < -0.3 is 29.8 Å². The van der Waals surface area contributed by atoms with Crippen molar-refractivity contribution in [1.82, 2.24) is 5.32 Å². The molecular formula is C24H28BF3N2O5. The van der Waals surface area contributed by atoms with Crippen LogP contribution < -0.4 is 15.8 Å². The zero-order valence-corrected chi connectivity index (χ0v) is 19.9. The summed E-state index contributed by atoms with van der Waals surface area (Å²) in [6, 6.07) is 13.1. The lowest BCUT2D eigenvalue weighted by molar-refractivity contribution is -0.274. The summed E-state index contributed by atoms with van der Waals surface area (Å²) in [5.74, 6) is -0.505. The minimum absolute atomic E-state index is 0.00512. The van der Waals surface area contributed by atoms with Gasteiger partial charge in [-0.3, -0.25) is 0 Å². The van der Waals surface area contributed by atoms with E-state index in [1.165, 1.54) is 12.1 Å². The molecule has 2 aromatic carbocycles. The number of benzene rings is 2. The number of carbonyl (C=O) groups excluding carboxylic acids is 1. The van der Waals surface area contributed by atoms with Gasteiger partial charge in [-0.05, 0) is 56.4 Å². The molecule has 0 radical (unpaired) electrons. The first-order valence-corrected chi connectivity index (χ1v) is 10.9. The van der Waals surface area contributed by atoms with Crippen molar-refractivity contribution in [2.75, 3.05) is 12.3 Å². The molecule has 1 heterocycles. The Morgan fingerprint density at radius 3 is 2.29 bits per heavy atom. The predicted octanol–water partition coefficient (Wildman–Crippen LogP) is 5.11. The molecule has 0 aromatic heterocycles. The Hall–Kier alpha value is -3.18. The largest absolute Gasteiger partial charge is 0.573 e. The number of nitrogen functional groups attached to an aromatic ring is 1. The number of ether oxygens (including phenoxy) is 2. The summed E-state index contributed by atoms with van der Waals surface area (Å²) in [5.41, 5.74) is 6.10. The Bertz CT molecular complexity index is 1060. The second-order valence-corrected chi connectivity index (χ2v) is 9.07.